The highest BCUT2D eigenvalue weighted by atomic mass is 16.1. The molecule has 1 amide bonds. The molecular weight excluding hydrogens is 360 g/mol. The van der Waals surface area contributed by atoms with Crippen LogP contribution in [0.3, 0.4) is 0 Å². The van der Waals surface area contributed by atoms with Gasteiger partial charge in [-0.15, -0.1) is 0 Å². The minimum atomic E-state index is -0.0643. The zero-order valence-electron chi connectivity index (χ0n) is 17.2. The summed E-state index contributed by atoms with van der Waals surface area (Å²) in [5.74, 6) is -0.0643. The number of nitrogens with zero attached hydrogens (tertiary/aromatic N) is 2. The van der Waals surface area contributed by atoms with E-state index in [0.717, 1.165) is 23.6 Å². The van der Waals surface area contributed by atoms with Crippen molar-refractivity contribution in [1.29, 1.82) is 0 Å². The molecule has 4 rings (SSSR count). The van der Waals surface area contributed by atoms with Crippen LogP contribution in [-0.2, 0) is 13.1 Å². The summed E-state index contributed by atoms with van der Waals surface area (Å²) in [6.45, 7) is 7.92. The standard InChI is InChI=1S/C24H28N4O/c1-18-23(19(2)28(26-18)22-12-4-3-5-13-22)24(29)25-16-20-10-6-7-11-21(20)17-27-14-8-9-15-27/h3-7,10-13H,8-9,14-17H2,1-2H3,(H,25,29)/p+1. The zero-order valence-corrected chi connectivity index (χ0v) is 17.2. The van der Waals surface area contributed by atoms with Crippen LogP contribution < -0.4 is 10.2 Å². The maximum absolute atomic E-state index is 13.0. The number of carbonyl (C=O) groups is 1. The predicted molar refractivity (Wildman–Crippen MR) is 114 cm³/mol. The summed E-state index contributed by atoms with van der Waals surface area (Å²) in [5, 5.41) is 7.72. The number of carbonyl (C=O) groups excluding carboxylic acids is 1. The minimum absolute atomic E-state index is 0.0643. The monoisotopic (exact) mass is 389 g/mol. The molecule has 150 valence electrons. The second kappa shape index (κ2) is 8.62. The van der Waals surface area contributed by atoms with Gasteiger partial charge in [-0.25, -0.2) is 4.68 Å². The number of para-hydroxylation sites is 1. The summed E-state index contributed by atoms with van der Waals surface area (Å²) in [6.07, 6.45) is 2.64. The van der Waals surface area contributed by atoms with Gasteiger partial charge in [0, 0.05) is 24.9 Å². The van der Waals surface area contributed by atoms with Gasteiger partial charge in [-0.05, 0) is 31.5 Å². The normalized spacial score (nSPS) is 14.3. The lowest BCUT2D eigenvalue weighted by Crippen LogP contribution is -3.08. The minimum Gasteiger partial charge on any atom is -0.348 e. The van der Waals surface area contributed by atoms with Crippen molar-refractivity contribution in [1.82, 2.24) is 15.1 Å². The van der Waals surface area contributed by atoms with E-state index in [9.17, 15) is 4.79 Å². The van der Waals surface area contributed by atoms with Crippen LogP contribution in [0.25, 0.3) is 5.69 Å². The van der Waals surface area contributed by atoms with E-state index in [0.29, 0.717) is 12.1 Å². The first-order valence-corrected chi connectivity index (χ1v) is 10.4. The number of likely N-dealkylation sites (tertiary alicyclic amines) is 1. The van der Waals surface area contributed by atoms with Crippen molar-refractivity contribution in [2.24, 2.45) is 0 Å². The molecule has 0 unspecified atom stereocenters. The number of rotatable bonds is 6. The maximum Gasteiger partial charge on any atom is 0.255 e. The molecule has 1 saturated heterocycles. The number of nitrogens with one attached hydrogen (secondary N) is 2. The smallest absolute Gasteiger partial charge is 0.255 e. The van der Waals surface area contributed by atoms with E-state index in [4.69, 9.17) is 0 Å². The SMILES string of the molecule is Cc1nn(-c2ccccc2)c(C)c1C(=O)NCc1ccccc1C[NH+]1CCCC1. The Hall–Kier alpha value is -2.92. The van der Waals surface area contributed by atoms with E-state index >= 15 is 0 Å². The van der Waals surface area contributed by atoms with Gasteiger partial charge in [-0.1, -0.05) is 42.5 Å². The maximum atomic E-state index is 13.0. The second-order valence-corrected chi connectivity index (χ2v) is 7.88. The summed E-state index contributed by atoms with van der Waals surface area (Å²) in [6, 6.07) is 18.4. The van der Waals surface area contributed by atoms with E-state index in [1.807, 2.05) is 54.9 Å². The summed E-state index contributed by atoms with van der Waals surface area (Å²) >= 11 is 0. The molecule has 0 saturated carbocycles. The van der Waals surface area contributed by atoms with Crippen LogP contribution in [0.1, 0.15) is 45.7 Å². The fourth-order valence-electron chi connectivity index (χ4n) is 4.28. The summed E-state index contributed by atoms with van der Waals surface area (Å²) in [7, 11) is 0. The van der Waals surface area contributed by atoms with Crippen molar-refractivity contribution >= 4 is 5.91 Å². The van der Waals surface area contributed by atoms with Crippen molar-refractivity contribution in [2.75, 3.05) is 13.1 Å². The number of quaternary nitrogens is 1. The molecule has 1 aliphatic rings. The third-order valence-electron chi connectivity index (χ3n) is 5.83. The van der Waals surface area contributed by atoms with Gasteiger partial charge in [0.15, 0.2) is 0 Å². The molecule has 1 aromatic heterocycles. The van der Waals surface area contributed by atoms with Crippen LogP contribution >= 0.6 is 0 Å². The Balaban J connectivity index is 1.49. The fourth-order valence-corrected chi connectivity index (χ4v) is 4.28. The molecule has 2 heterocycles. The first-order chi connectivity index (χ1) is 14.1. The van der Waals surface area contributed by atoms with E-state index in [2.05, 4.69) is 28.6 Å². The molecule has 0 bridgehead atoms. The molecule has 1 fully saturated rings. The molecule has 3 aromatic rings. The van der Waals surface area contributed by atoms with Gasteiger partial charge in [0.05, 0.1) is 35.7 Å². The lowest BCUT2D eigenvalue weighted by atomic mass is 10.1. The summed E-state index contributed by atoms with van der Waals surface area (Å²) in [4.78, 5) is 14.6. The average Bonchev–Trinajstić information content (AvgIpc) is 3.35. The van der Waals surface area contributed by atoms with Gasteiger partial charge in [0.2, 0.25) is 0 Å². The largest absolute Gasteiger partial charge is 0.348 e. The molecule has 0 aliphatic carbocycles. The summed E-state index contributed by atoms with van der Waals surface area (Å²) < 4.78 is 1.84. The number of amides is 1. The van der Waals surface area contributed by atoms with Crippen molar-refractivity contribution < 1.29 is 9.69 Å². The fraction of sp³-hybridized carbons (Fsp3) is 0.333. The van der Waals surface area contributed by atoms with Crippen LogP contribution in [0.4, 0.5) is 0 Å². The van der Waals surface area contributed by atoms with Gasteiger partial charge in [0.1, 0.15) is 6.54 Å². The van der Waals surface area contributed by atoms with Gasteiger partial charge < -0.3 is 10.2 Å². The molecule has 5 heteroatoms. The molecule has 2 aromatic carbocycles. The third kappa shape index (κ3) is 4.25. The van der Waals surface area contributed by atoms with Gasteiger partial charge in [0.25, 0.3) is 5.91 Å². The Morgan fingerprint density at radius 3 is 2.38 bits per heavy atom. The van der Waals surface area contributed by atoms with Crippen LogP contribution in [0.15, 0.2) is 54.6 Å². The topological polar surface area (TPSA) is 51.4 Å². The van der Waals surface area contributed by atoms with Crippen molar-refractivity contribution in [3.8, 4) is 5.69 Å². The molecule has 0 radical (unpaired) electrons. The Morgan fingerprint density at radius 2 is 1.66 bits per heavy atom. The van der Waals surface area contributed by atoms with E-state index in [1.165, 1.54) is 37.1 Å². The highest BCUT2D eigenvalue weighted by Crippen LogP contribution is 2.18. The van der Waals surface area contributed by atoms with Crippen LogP contribution in [0.5, 0.6) is 0 Å². The Bertz CT molecular complexity index is 987. The Kier molecular flexibility index (Phi) is 5.76. The second-order valence-electron chi connectivity index (χ2n) is 7.88. The number of hydrogen-bond donors (Lipinski definition) is 2. The van der Waals surface area contributed by atoms with Gasteiger partial charge >= 0.3 is 0 Å². The third-order valence-corrected chi connectivity index (χ3v) is 5.83. The van der Waals surface area contributed by atoms with Crippen molar-refractivity contribution in [2.45, 2.75) is 39.8 Å². The van der Waals surface area contributed by atoms with Gasteiger partial charge in [-0.3, -0.25) is 4.79 Å². The van der Waals surface area contributed by atoms with Crippen LogP contribution in [0.2, 0.25) is 0 Å². The van der Waals surface area contributed by atoms with Crippen molar-refractivity contribution in [3.05, 3.63) is 82.7 Å². The molecular formula is C24H29N4O+. The van der Waals surface area contributed by atoms with Crippen LogP contribution in [-0.4, -0.2) is 28.8 Å². The average molecular weight is 390 g/mol. The molecule has 29 heavy (non-hydrogen) atoms. The van der Waals surface area contributed by atoms with E-state index in [1.54, 1.807) is 4.90 Å². The molecule has 5 nitrogen and oxygen atoms in total. The molecule has 2 N–H and O–H groups in total. The van der Waals surface area contributed by atoms with Gasteiger partial charge in [-0.2, -0.15) is 5.10 Å². The lowest BCUT2D eigenvalue weighted by Gasteiger charge is -2.15. The zero-order chi connectivity index (χ0) is 20.2. The predicted octanol–water partition coefficient (Wildman–Crippen LogP) is 2.60. The highest BCUT2D eigenvalue weighted by molar-refractivity contribution is 5.96. The number of benzene rings is 2. The molecule has 1 aliphatic heterocycles. The Labute approximate surface area is 172 Å². The van der Waals surface area contributed by atoms with Crippen molar-refractivity contribution in [3.63, 3.8) is 0 Å². The summed E-state index contributed by atoms with van der Waals surface area (Å²) in [5.41, 5.74) is 5.77. The molecule has 0 spiro atoms. The van der Waals surface area contributed by atoms with Crippen LogP contribution in [0, 0.1) is 13.8 Å². The number of aromatic nitrogens is 2. The highest BCUT2D eigenvalue weighted by Gasteiger charge is 2.20. The number of aryl methyl sites for hydroxylation is 1. The molecule has 0 atom stereocenters. The van der Waals surface area contributed by atoms with E-state index in [-0.39, 0.29) is 5.91 Å². The first kappa shape index (κ1) is 19.4. The quantitative estimate of drug-likeness (QED) is 0.681. The van der Waals surface area contributed by atoms with E-state index < -0.39 is 0 Å². The number of hydrogen-bond acceptors (Lipinski definition) is 2. The Morgan fingerprint density at radius 1 is 1.00 bits per heavy atom. The lowest BCUT2D eigenvalue weighted by molar-refractivity contribution is -0.901. The first-order valence-electron chi connectivity index (χ1n) is 10.4.